The van der Waals surface area contributed by atoms with Crippen LogP contribution in [0.5, 0.6) is 0 Å². The van der Waals surface area contributed by atoms with E-state index < -0.39 is 0 Å². The molecule has 0 bridgehead atoms. The van der Waals surface area contributed by atoms with E-state index in [1.54, 1.807) is 12.3 Å². The second kappa shape index (κ2) is 6.22. The van der Waals surface area contributed by atoms with E-state index in [0.717, 1.165) is 10.9 Å². The monoisotopic (exact) mass is 286 g/mol. The average molecular weight is 286 g/mol. The van der Waals surface area contributed by atoms with Crippen LogP contribution in [0.2, 0.25) is 0 Å². The zero-order valence-corrected chi connectivity index (χ0v) is 12.8. The van der Waals surface area contributed by atoms with Crippen LogP contribution in [0.3, 0.4) is 0 Å². The lowest BCUT2D eigenvalue weighted by molar-refractivity contribution is 0.0887. The highest BCUT2D eigenvalue weighted by Crippen LogP contribution is 2.23. The van der Waals surface area contributed by atoms with Gasteiger partial charge in [-0.1, -0.05) is 39.0 Å². The number of para-hydroxylation sites is 1. The number of aliphatic hydroxyl groups is 1. The summed E-state index contributed by atoms with van der Waals surface area (Å²) in [5, 5.41) is 13.1. The molecule has 0 spiro atoms. The third kappa shape index (κ3) is 3.58. The molecule has 0 radical (unpaired) electrons. The molecule has 1 heterocycles. The van der Waals surface area contributed by atoms with E-state index in [0.29, 0.717) is 12.0 Å². The van der Waals surface area contributed by atoms with Crippen molar-refractivity contribution in [2.45, 2.75) is 33.2 Å². The minimum absolute atomic E-state index is 0.0549. The second-order valence-electron chi connectivity index (χ2n) is 6.28. The van der Waals surface area contributed by atoms with Crippen molar-refractivity contribution in [3.63, 3.8) is 0 Å². The molecule has 1 aromatic carbocycles. The molecule has 4 heteroatoms. The fourth-order valence-corrected chi connectivity index (χ4v) is 2.38. The van der Waals surface area contributed by atoms with Crippen molar-refractivity contribution in [3.8, 4) is 0 Å². The number of aliphatic hydroxyl groups excluding tert-OH is 1. The third-order valence-corrected chi connectivity index (χ3v) is 3.66. The summed E-state index contributed by atoms with van der Waals surface area (Å²) in [6, 6.07) is 9.24. The van der Waals surface area contributed by atoms with Crippen molar-refractivity contribution in [3.05, 3.63) is 42.1 Å². The number of amides is 1. The maximum atomic E-state index is 12.6. The van der Waals surface area contributed by atoms with Gasteiger partial charge in [-0.15, -0.1) is 0 Å². The van der Waals surface area contributed by atoms with Gasteiger partial charge in [0.1, 0.15) is 0 Å². The van der Waals surface area contributed by atoms with Crippen molar-refractivity contribution in [2.24, 2.45) is 5.41 Å². The number of nitrogens with one attached hydrogen (secondary N) is 1. The van der Waals surface area contributed by atoms with Crippen molar-refractivity contribution in [2.75, 3.05) is 6.61 Å². The Bertz CT molecular complexity index is 627. The molecule has 1 amide bonds. The summed E-state index contributed by atoms with van der Waals surface area (Å²) in [6.07, 6.45) is 2.19. The number of benzene rings is 1. The predicted molar refractivity (Wildman–Crippen MR) is 84.2 cm³/mol. The molecular weight excluding hydrogens is 264 g/mol. The maximum absolute atomic E-state index is 12.6. The molecule has 0 aliphatic rings. The Kier molecular flexibility index (Phi) is 4.58. The molecule has 0 aliphatic carbocycles. The van der Waals surface area contributed by atoms with Gasteiger partial charge in [0.05, 0.1) is 11.1 Å². The molecule has 0 saturated carbocycles. The molecular formula is C17H22N2O2. The van der Waals surface area contributed by atoms with E-state index in [9.17, 15) is 9.90 Å². The number of rotatable bonds is 4. The van der Waals surface area contributed by atoms with E-state index in [1.807, 2.05) is 24.3 Å². The first-order chi connectivity index (χ1) is 9.93. The van der Waals surface area contributed by atoms with Crippen molar-refractivity contribution in [1.29, 1.82) is 0 Å². The fraction of sp³-hybridized carbons (Fsp3) is 0.412. The molecule has 1 atom stereocenters. The molecule has 21 heavy (non-hydrogen) atoms. The van der Waals surface area contributed by atoms with Crippen LogP contribution in [-0.2, 0) is 0 Å². The summed E-state index contributed by atoms with van der Waals surface area (Å²) >= 11 is 0. The Hall–Kier alpha value is -1.94. The zero-order chi connectivity index (χ0) is 15.5. The summed E-state index contributed by atoms with van der Waals surface area (Å²) in [5.41, 5.74) is 1.31. The largest absolute Gasteiger partial charge is 0.396 e. The molecule has 4 nitrogen and oxygen atoms in total. The number of carbonyl (C=O) groups is 1. The molecule has 1 unspecified atom stereocenters. The van der Waals surface area contributed by atoms with Gasteiger partial charge in [-0.3, -0.25) is 9.78 Å². The first kappa shape index (κ1) is 15.4. The first-order valence-corrected chi connectivity index (χ1v) is 7.19. The normalized spacial score (nSPS) is 13.1. The lowest BCUT2D eigenvalue weighted by atomic mass is 9.84. The van der Waals surface area contributed by atoms with E-state index >= 15 is 0 Å². The second-order valence-corrected chi connectivity index (χ2v) is 6.28. The molecule has 0 aliphatic heterocycles. The van der Waals surface area contributed by atoms with Crippen molar-refractivity contribution < 1.29 is 9.90 Å². The molecule has 0 fully saturated rings. The van der Waals surface area contributed by atoms with Crippen LogP contribution in [0, 0.1) is 5.41 Å². The Morgan fingerprint density at radius 3 is 2.67 bits per heavy atom. The predicted octanol–water partition coefficient (Wildman–Crippen LogP) is 2.76. The van der Waals surface area contributed by atoms with Crippen LogP contribution < -0.4 is 5.32 Å². The van der Waals surface area contributed by atoms with Crippen molar-refractivity contribution >= 4 is 16.8 Å². The molecule has 1 aromatic heterocycles. The van der Waals surface area contributed by atoms with Gasteiger partial charge >= 0.3 is 0 Å². The number of hydrogen-bond acceptors (Lipinski definition) is 3. The number of pyridine rings is 1. The highest BCUT2D eigenvalue weighted by Gasteiger charge is 2.26. The van der Waals surface area contributed by atoms with Crippen LogP contribution in [0.15, 0.2) is 36.5 Å². The Balaban J connectivity index is 2.30. The van der Waals surface area contributed by atoms with Gasteiger partial charge in [-0.2, -0.15) is 0 Å². The van der Waals surface area contributed by atoms with Crippen molar-refractivity contribution in [1.82, 2.24) is 10.3 Å². The van der Waals surface area contributed by atoms with Gasteiger partial charge in [-0.25, -0.2) is 0 Å². The number of hydrogen-bond donors (Lipinski definition) is 2. The quantitative estimate of drug-likeness (QED) is 0.908. The molecule has 0 saturated heterocycles. The Morgan fingerprint density at radius 1 is 1.29 bits per heavy atom. The zero-order valence-electron chi connectivity index (χ0n) is 12.8. The van der Waals surface area contributed by atoms with Gasteiger partial charge in [0.25, 0.3) is 5.91 Å². The van der Waals surface area contributed by atoms with Gasteiger partial charge in [0.15, 0.2) is 0 Å². The van der Waals surface area contributed by atoms with Crippen LogP contribution >= 0.6 is 0 Å². The van der Waals surface area contributed by atoms with E-state index in [4.69, 9.17) is 0 Å². The molecule has 2 N–H and O–H groups in total. The number of nitrogens with zero attached hydrogens (tertiary/aromatic N) is 1. The summed E-state index contributed by atoms with van der Waals surface area (Å²) in [5.74, 6) is -0.123. The van der Waals surface area contributed by atoms with E-state index in [-0.39, 0.29) is 24.0 Å². The number of aromatic nitrogens is 1. The first-order valence-electron chi connectivity index (χ1n) is 7.19. The lowest BCUT2D eigenvalue weighted by Gasteiger charge is -2.31. The number of carbonyl (C=O) groups excluding carboxylic acids is 1. The summed E-state index contributed by atoms with van der Waals surface area (Å²) < 4.78 is 0. The number of fused-ring (bicyclic) bond motifs is 1. The molecule has 2 aromatic rings. The lowest BCUT2D eigenvalue weighted by Crippen LogP contribution is -2.44. The average Bonchev–Trinajstić information content (AvgIpc) is 2.45. The third-order valence-electron chi connectivity index (χ3n) is 3.66. The minimum Gasteiger partial charge on any atom is -0.396 e. The van der Waals surface area contributed by atoms with Crippen LogP contribution in [0.25, 0.3) is 10.9 Å². The molecule has 2 rings (SSSR count). The van der Waals surface area contributed by atoms with Crippen LogP contribution in [-0.4, -0.2) is 28.6 Å². The molecule has 112 valence electrons. The van der Waals surface area contributed by atoms with Gasteiger partial charge < -0.3 is 10.4 Å². The summed E-state index contributed by atoms with van der Waals surface area (Å²) in [7, 11) is 0. The fourth-order valence-electron chi connectivity index (χ4n) is 2.38. The SMILES string of the molecule is CC(C)(C)C(CCO)NC(=O)c1ccnc2ccccc12. The van der Waals surface area contributed by atoms with E-state index in [1.165, 1.54) is 0 Å². The highest BCUT2D eigenvalue weighted by atomic mass is 16.3. The van der Waals surface area contributed by atoms with Crippen LogP contribution in [0.4, 0.5) is 0 Å². The Labute approximate surface area is 125 Å². The standard InChI is InChI=1S/C17H22N2O2/c1-17(2,3)15(9-11-20)19-16(21)13-8-10-18-14-7-5-4-6-12(13)14/h4-8,10,15,20H,9,11H2,1-3H3,(H,19,21). The maximum Gasteiger partial charge on any atom is 0.252 e. The summed E-state index contributed by atoms with van der Waals surface area (Å²) in [6.45, 7) is 6.22. The van der Waals surface area contributed by atoms with Gasteiger partial charge in [0.2, 0.25) is 0 Å². The minimum atomic E-state index is -0.123. The smallest absolute Gasteiger partial charge is 0.252 e. The van der Waals surface area contributed by atoms with Crippen LogP contribution in [0.1, 0.15) is 37.6 Å². The van der Waals surface area contributed by atoms with Gasteiger partial charge in [-0.05, 0) is 24.0 Å². The highest BCUT2D eigenvalue weighted by molar-refractivity contribution is 6.06. The summed E-state index contributed by atoms with van der Waals surface area (Å²) in [4.78, 5) is 16.8. The van der Waals surface area contributed by atoms with Gasteiger partial charge in [0, 0.05) is 24.2 Å². The van der Waals surface area contributed by atoms with E-state index in [2.05, 4.69) is 31.1 Å². The topological polar surface area (TPSA) is 62.2 Å². The Morgan fingerprint density at radius 2 is 2.00 bits per heavy atom.